The summed E-state index contributed by atoms with van der Waals surface area (Å²) in [7, 11) is -2.89. The first-order valence-corrected chi connectivity index (χ1v) is 17.7. The summed E-state index contributed by atoms with van der Waals surface area (Å²) in [5, 5.41) is 3.16. The Morgan fingerprint density at radius 2 is 1.52 bits per heavy atom. The highest BCUT2D eigenvalue weighted by atomic mass is 32.2. The van der Waals surface area contributed by atoms with Gasteiger partial charge in [-0.05, 0) is 55.7 Å². The lowest BCUT2D eigenvalue weighted by atomic mass is 9.94. The van der Waals surface area contributed by atoms with E-state index < -0.39 is 34.3 Å². The SMILES string of the molecule is COc1ccccc1N(CC(=O)N(Cc1ccccc1F)C(Cc1ccccc1)C(=O)NC1CCCCC1)S(=O)(=O)c1ccc(C)cc1. The quantitative estimate of drug-likeness (QED) is 0.177. The summed E-state index contributed by atoms with van der Waals surface area (Å²) in [4.78, 5) is 30.2. The van der Waals surface area contributed by atoms with Crippen LogP contribution >= 0.6 is 0 Å². The van der Waals surface area contributed by atoms with Gasteiger partial charge in [-0.15, -0.1) is 0 Å². The third kappa shape index (κ3) is 8.41. The van der Waals surface area contributed by atoms with E-state index in [-0.39, 0.29) is 46.8 Å². The van der Waals surface area contributed by atoms with Crippen molar-refractivity contribution in [3.63, 3.8) is 0 Å². The standard InChI is InChI=1S/C38H42FN3O5S/c1-28-21-23-32(24-22-28)48(45,46)42(34-19-11-12-20-36(34)47-2)27-37(43)41(26-30-15-9-10-18-33(30)39)35(25-29-13-5-3-6-14-29)38(44)40-31-16-7-4-8-17-31/h3,5-6,9-15,18-24,31,35H,4,7-8,16-17,25-27H2,1-2H3,(H,40,44). The molecule has 1 N–H and O–H groups in total. The fourth-order valence-corrected chi connectivity index (χ4v) is 7.52. The van der Waals surface area contributed by atoms with Gasteiger partial charge < -0.3 is 15.0 Å². The van der Waals surface area contributed by atoms with Crippen LogP contribution in [0.1, 0.15) is 48.8 Å². The minimum absolute atomic E-state index is 0.0108. The van der Waals surface area contributed by atoms with Crippen molar-refractivity contribution >= 4 is 27.5 Å². The number of hydrogen-bond acceptors (Lipinski definition) is 5. The maximum atomic E-state index is 15.2. The topological polar surface area (TPSA) is 96.0 Å². The minimum Gasteiger partial charge on any atom is -0.495 e. The predicted octanol–water partition coefficient (Wildman–Crippen LogP) is 6.43. The van der Waals surface area contributed by atoms with Crippen LogP contribution < -0.4 is 14.4 Å². The number of nitrogens with zero attached hydrogens (tertiary/aromatic N) is 2. The summed E-state index contributed by atoms with van der Waals surface area (Å²) in [6.07, 6.45) is 4.92. The fourth-order valence-electron chi connectivity index (χ4n) is 6.10. The first kappa shape index (κ1) is 34.6. The van der Waals surface area contributed by atoms with Gasteiger partial charge in [-0.3, -0.25) is 13.9 Å². The molecule has 0 spiro atoms. The third-order valence-electron chi connectivity index (χ3n) is 8.76. The van der Waals surface area contributed by atoms with E-state index in [4.69, 9.17) is 4.74 Å². The Balaban J connectivity index is 1.59. The van der Waals surface area contributed by atoms with Crippen LogP contribution in [-0.4, -0.2) is 50.9 Å². The van der Waals surface area contributed by atoms with Gasteiger partial charge in [0, 0.05) is 24.6 Å². The van der Waals surface area contributed by atoms with E-state index in [1.807, 2.05) is 37.3 Å². The second-order valence-corrected chi connectivity index (χ2v) is 14.0. The number of nitrogens with one attached hydrogen (secondary N) is 1. The van der Waals surface area contributed by atoms with E-state index in [9.17, 15) is 18.0 Å². The molecule has 5 rings (SSSR count). The van der Waals surface area contributed by atoms with Gasteiger partial charge in [-0.1, -0.05) is 97.6 Å². The van der Waals surface area contributed by atoms with E-state index in [0.29, 0.717) is 0 Å². The highest BCUT2D eigenvalue weighted by Crippen LogP contribution is 2.33. The Labute approximate surface area is 282 Å². The Kier molecular flexibility index (Phi) is 11.5. The molecule has 10 heteroatoms. The zero-order valence-corrected chi connectivity index (χ0v) is 28.2. The van der Waals surface area contributed by atoms with Crippen LogP contribution in [0.4, 0.5) is 10.1 Å². The van der Waals surface area contributed by atoms with Crippen LogP contribution in [0.5, 0.6) is 5.75 Å². The number of methoxy groups -OCH3 is 1. The van der Waals surface area contributed by atoms with Crippen LogP contribution in [0, 0.1) is 12.7 Å². The Hall–Kier alpha value is -4.70. The number of benzene rings is 4. The molecule has 0 heterocycles. The average Bonchev–Trinajstić information content (AvgIpc) is 3.10. The van der Waals surface area contributed by atoms with E-state index in [0.717, 1.165) is 47.5 Å². The number of rotatable bonds is 13. The highest BCUT2D eigenvalue weighted by Gasteiger charge is 2.36. The van der Waals surface area contributed by atoms with Gasteiger partial charge in [0.15, 0.2) is 0 Å². The van der Waals surface area contributed by atoms with Crippen molar-refractivity contribution in [2.24, 2.45) is 0 Å². The van der Waals surface area contributed by atoms with Crippen molar-refractivity contribution in [2.45, 2.75) is 69.0 Å². The van der Waals surface area contributed by atoms with E-state index in [1.54, 1.807) is 54.6 Å². The molecule has 1 aliphatic rings. The number of amides is 2. The lowest BCUT2D eigenvalue weighted by Gasteiger charge is -2.35. The maximum Gasteiger partial charge on any atom is 0.264 e. The van der Waals surface area contributed by atoms with Gasteiger partial charge in [0.05, 0.1) is 17.7 Å². The zero-order valence-electron chi connectivity index (χ0n) is 27.3. The molecule has 1 atom stereocenters. The van der Waals surface area contributed by atoms with Gasteiger partial charge in [-0.25, -0.2) is 12.8 Å². The maximum absolute atomic E-state index is 15.2. The van der Waals surface area contributed by atoms with Crippen molar-refractivity contribution in [1.29, 1.82) is 0 Å². The monoisotopic (exact) mass is 671 g/mol. The van der Waals surface area contributed by atoms with E-state index in [2.05, 4.69) is 5.32 Å². The molecule has 4 aromatic rings. The molecule has 2 amide bonds. The molecule has 252 valence electrons. The lowest BCUT2D eigenvalue weighted by Crippen LogP contribution is -2.55. The van der Waals surface area contributed by atoms with Crippen LogP contribution in [0.3, 0.4) is 0 Å². The number of aryl methyl sites for hydroxylation is 1. The third-order valence-corrected chi connectivity index (χ3v) is 10.5. The molecule has 0 radical (unpaired) electrons. The summed E-state index contributed by atoms with van der Waals surface area (Å²) in [5.74, 6) is -1.31. The summed E-state index contributed by atoms with van der Waals surface area (Å²) in [6.45, 7) is 0.947. The number of halogens is 1. The van der Waals surface area contributed by atoms with Crippen LogP contribution in [0.15, 0.2) is 108 Å². The second kappa shape index (κ2) is 15.9. The molecular weight excluding hydrogens is 629 g/mol. The lowest BCUT2D eigenvalue weighted by molar-refractivity contribution is -0.140. The number of carbonyl (C=O) groups excluding carboxylic acids is 2. The molecule has 4 aromatic carbocycles. The Morgan fingerprint density at radius 1 is 0.875 bits per heavy atom. The molecule has 8 nitrogen and oxygen atoms in total. The molecular formula is C38H42FN3O5S. The number of para-hydroxylation sites is 2. The van der Waals surface area contributed by atoms with Crippen molar-refractivity contribution in [3.05, 3.63) is 126 Å². The fraction of sp³-hybridized carbons (Fsp3) is 0.316. The largest absolute Gasteiger partial charge is 0.495 e. The van der Waals surface area contributed by atoms with Gasteiger partial charge in [0.1, 0.15) is 24.2 Å². The van der Waals surface area contributed by atoms with Gasteiger partial charge in [0.25, 0.3) is 10.0 Å². The molecule has 0 aliphatic heterocycles. The molecule has 0 saturated heterocycles. The Morgan fingerprint density at radius 3 is 2.21 bits per heavy atom. The highest BCUT2D eigenvalue weighted by molar-refractivity contribution is 7.92. The van der Waals surface area contributed by atoms with Crippen LogP contribution in [0.2, 0.25) is 0 Å². The smallest absolute Gasteiger partial charge is 0.264 e. The molecule has 1 aliphatic carbocycles. The molecule has 1 saturated carbocycles. The number of carbonyl (C=O) groups is 2. The number of sulfonamides is 1. The molecule has 0 aromatic heterocycles. The van der Waals surface area contributed by atoms with E-state index >= 15 is 4.39 Å². The van der Waals surface area contributed by atoms with Crippen LogP contribution in [0.25, 0.3) is 0 Å². The van der Waals surface area contributed by atoms with Gasteiger partial charge in [0.2, 0.25) is 11.8 Å². The van der Waals surface area contributed by atoms with E-state index in [1.165, 1.54) is 30.2 Å². The number of hydrogen-bond donors (Lipinski definition) is 1. The molecule has 1 unspecified atom stereocenters. The second-order valence-electron chi connectivity index (χ2n) is 12.2. The van der Waals surface area contributed by atoms with Crippen molar-refractivity contribution in [2.75, 3.05) is 18.0 Å². The van der Waals surface area contributed by atoms with Gasteiger partial charge in [-0.2, -0.15) is 0 Å². The molecule has 48 heavy (non-hydrogen) atoms. The zero-order chi connectivity index (χ0) is 34.1. The predicted molar refractivity (Wildman–Crippen MR) is 185 cm³/mol. The van der Waals surface area contributed by atoms with Crippen molar-refractivity contribution in [3.8, 4) is 5.75 Å². The van der Waals surface area contributed by atoms with Gasteiger partial charge >= 0.3 is 0 Å². The molecule has 0 bridgehead atoms. The average molecular weight is 672 g/mol. The van der Waals surface area contributed by atoms with Crippen LogP contribution in [-0.2, 0) is 32.6 Å². The first-order chi connectivity index (χ1) is 23.2. The number of ether oxygens (including phenoxy) is 1. The molecule has 1 fully saturated rings. The number of anilines is 1. The summed E-state index contributed by atoms with van der Waals surface area (Å²) in [5.41, 5.74) is 2.05. The van der Waals surface area contributed by atoms with Crippen molar-refractivity contribution < 1.29 is 27.1 Å². The van der Waals surface area contributed by atoms with Crippen molar-refractivity contribution in [1.82, 2.24) is 10.2 Å². The summed E-state index contributed by atoms with van der Waals surface area (Å²) < 4.78 is 50.3. The Bertz CT molecular complexity index is 1790. The summed E-state index contributed by atoms with van der Waals surface area (Å²) in [6, 6.07) is 27.2. The minimum atomic E-state index is -4.31. The normalized spacial score (nSPS) is 14.1. The summed E-state index contributed by atoms with van der Waals surface area (Å²) >= 11 is 0. The first-order valence-electron chi connectivity index (χ1n) is 16.3.